The van der Waals surface area contributed by atoms with E-state index in [0.29, 0.717) is 78.3 Å². The molecule has 5 N–H and O–H groups in total. The summed E-state index contributed by atoms with van der Waals surface area (Å²) in [6.07, 6.45) is -1.34. The predicted octanol–water partition coefficient (Wildman–Crippen LogP) is 10.1. The lowest BCUT2D eigenvalue weighted by molar-refractivity contribution is -0.137. The van der Waals surface area contributed by atoms with Gasteiger partial charge in [-0.15, -0.1) is 0 Å². The number of amides is 4. The number of carbonyl (C=O) groups is 3. The fraction of sp³-hybridized carbons (Fsp3) is 0.235. The van der Waals surface area contributed by atoms with Gasteiger partial charge in [0.25, 0.3) is 5.91 Å². The number of alkyl halides is 3. The molecule has 4 heterocycles. The summed E-state index contributed by atoms with van der Waals surface area (Å²) in [5.74, 6) is 0.282. The quantitative estimate of drug-likeness (QED) is 0.0599. The van der Waals surface area contributed by atoms with Crippen LogP contribution in [-0.2, 0) is 17.5 Å². The first kappa shape index (κ1) is 43.6. The third-order valence-corrected chi connectivity index (χ3v) is 12.2. The molecule has 1 atom stereocenters. The number of pyridine rings is 2. The highest BCUT2D eigenvalue weighted by Crippen LogP contribution is 2.42. The van der Waals surface area contributed by atoms with E-state index in [2.05, 4.69) is 25.8 Å². The molecule has 0 aliphatic carbocycles. The molecular formula is C51H46F3N7O5. The van der Waals surface area contributed by atoms with Gasteiger partial charge in [-0.05, 0) is 116 Å². The highest BCUT2D eigenvalue weighted by atomic mass is 19.4. The summed E-state index contributed by atoms with van der Waals surface area (Å²) < 4.78 is 40.4. The number of fused-ring (bicyclic) bond motifs is 6. The first-order chi connectivity index (χ1) is 31.8. The second-order valence-corrected chi connectivity index (χ2v) is 16.8. The van der Waals surface area contributed by atoms with Gasteiger partial charge >= 0.3 is 12.2 Å². The number of unbranched alkanes of at least 4 members (excludes halogenated alkanes) is 2. The fourth-order valence-electron chi connectivity index (χ4n) is 8.86. The van der Waals surface area contributed by atoms with Gasteiger partial charge in [0, 0.05) is 77.9 Å². The minimum Gasteiger partial charge on any atom is -0.508 e. The van der Waals surface area contributed by atoms with E-state index in [1.807, 2.05) is 49.4 Å². The van der Waals surface area contributed by atoms with Crippen LogP contribution in [0.5, 0.6) is 11.5 Å². The number of hydrogen-bond acceptors (Lipinski definition) is 8. The Morgan fingerprint density at radius 1 is 0.788 bits per heavy atom. The molecule has 7 aromatic rings. The summed E-state index contributed by atoms with van der Waals surface area (Å²) in [6.45, 7) is 4.06. The lowest BCUT2D eigenvalue weighted by atomic mass is 9.92. The molecule has 1 saturated heterocycles. The fourth-order valence-corrected chi connectivity index (χ4v) is 8.86. The molecule has 1 fully saturated rings. The molecule has 2 aliphatic heterocycles. The highest BCUT2D eigenvalue weighted by molar-refractivity contribution is 6.11. The zero-order valence-electron chi connectivity index (χ0n) is 36.0. The van der Waals surface area contributed by atoms with Crippen LogP contribution in [0.15, 0.2) is 115 Å². The van der Waals surface area contributed by atoms with Crippen LogP contribution in [0.4, 0.5) is 35.2 Å². The SMILES string of the molecule is Cc1cc(C(=O)NCCCCCC(=O)NCc2ccc(NC(=O)N3c4nc(-c5cccc(C(F)(F)F)c5)ccc4N4CC[C@H]3C4)cc2)ccc1-c1c2ccc(O)cc2nc2cc(O)ccc12. The Kier molecular flexibility index (Phi) is 11.9. The number of phenolic OH excluding ortho intramolecular Hbond substituents is 2. The Hall–Kier alpha value is -7.68. The number of nitrogens with zero attached hydrogens (tertiary/aromatic N) is 4. The number of anilines is 3. The van der Waals surface area contributed by atoms with Crippen LogP contribution in [-0.4, -0.2) is 63.7 Å². The van der Waals surface area contributed by atoms with Crippen molar-refractivity contribution in [3.05, 3.63) is 138 Å². The average molecular weight is 894 g/mol. The van der Waals surface area contributed by atoms with Crippen LogP contribution >= 0.6 is 0 Å². The molecule has 9 rings (SSSR count). The highest BCUT2D eigenvalue weighted by Gasteiger charge is 2.40. The van der Waals surface area contributed by atoms with Gasteiger partial charge in [-0.2, -0.15) is 13.2 Å². The summed E-state index contributed by atoms with van der Waals surface area (Å²) in [4.78, 5) is 52.7. The van der Waals surface area contributed by atoms with E-state index in [-0.39, 0.29) is 29.4 Å². The van der Waals surface area contributed by atoms with Crippen LogP contribution in [0.2, 0.25) is 0 Å². The van der Waals surface area contributed by atoms with Crippen molar-refractivity contribution in [2.75, 3.05) is 34.8 Å². The van der Waals surface area contributed by atoms with Gasteiger partial charge in [0.1, 0.15) is 11.5 Å². The van der Waals surface area contributed by atoms with Gasteiger partial charge in [-0.1, -0.05) is 36.8 Å². The number of aromatic hydroxyl groups is 2. The maximum atomic E-state index is 13.8. The average Bonchev–Trinajstić information content (AvgIpc) is 3.72. The molecule has 4 amide bonds. The smallest absolute Gasteiger partial charge is 0.416 e. The number of nitrogens with one attached hydrogen (secondary N) is 3. The lowest BCUT2D eigenvalue weighted by Gasteiger charge is -2.36. The summed E-state index contributed by atoms with van der Waals surface area (Å²) in [5, 5.41) is 30.8. The van der Waals surface area contributed by atoms with Gasteiger partial charge in [-0.3, -0.25) is 14.5 Å². The third-order valence-electron chi connectivity index (χ3n) is 12.2. The van der Waals surface area contributed by atoms with E-state index >= 15 is 0 Å². The summed E-state index contributed by atoms with van der Waals surface area (Å²) in [7, 11) is 0. The van der Waals surface area contributed by atoms with E-state index < -0.39 is 17.8 Å². The van der Waals surface area contributed by atoms with E-state index in [9.17, 15) is 37.8 Å². The largest absolute Gasteiger partial charge is 0.508 e. The number of halogens is 3. The lowest BCUT2D eigenvalue weighted by Crippen LogP contribution is -2.48. The zero-order chi connectivity index (χ0) is 46.1. The van der Waals surface area contributed by atoms with Crippen molar-refractivity contribution in [2.45, 2.75) is 57.8 Å². The van der Waals surface area contributed by atoms with Crippen molar-refractivity contribution < 1.29 is 37.8 Å². The van der Waals surface area contributed by atoms with Crippen LogP contribution in [0.25, 0.3) is 44.2 Å². The van der Waals surface area contributed by atoms with Crippen LogP contribution in [0.3, 0.4) is 0 Å². The second kappa shape index (κ2) is 18.1. The van der Waals surface area contributed by atoms with Crippen molar-refractivity contribution in [1.29, 1.82) is 0 Å². The van der Waals surface area contributed by atoms with E-state index in [0.717, 1.165) is 70.2 Å². The van der Waals surface area contributed by atoms with E-state index in [4.69, 9.17) is 4.98 Å². The Labute approximate surface area is 378 Å². The number of phenols is 2. The number of urea groups is 1. The zero-order valence-corrected chi connectivity index (χ0v) is 36.0. The number of carbonyl (C=O) groups excluding carboxylic acids is 3. The van der Waals surface area contributed by atoms with Crippen molar-refractivity contribution in [1.82, 2.24) is 20.6 Å². The predicted molar refractivity (Wildman–Crippen MR) is 249 cm³/mol. The first-order valence-corrected chi connectivity index (χ1v) is 21.8. The minimum absolute atomic E-state index is 0.0879. The van der Waals surface area contributed by atoms with Gasteiger partial charge < -0.3 is 31.1 Å². The van der Waals surface area contributed by atoms with Gasteiger partial charge in [0.2, 0.25) is 5.91 Å². The van der Waals surface area contributed by atoms with Crippen molar-refractivity contribution in [3.63, 3.8) is 0 Å². The first-order valence-electron chi connectivity index (χ1n) is 21.8. The van der Waals surface area contributed by atoms with Crippen LogP contribution in [0, 0.1) is 6.92 Å². The topological polar surface area (TPSA) is 160 Å². The third kappa shape index (κ3) is 9.14. The molecule has 0 spiro atoms. The molecule has 2 bridgehead atoms. The van der Waals surface area contributed by atoms with Crippen LogP contribution < -0.4 is 25.8 Å². The molecule has 66 heavy (non-hydrogen) atoms. The normalized spacial score (nSPS) is 14.3. The van der Waals surface area contributed by atoms with Gasteiger partial charge in [0.05, 0.1) is 34.0 Å². The number of aromatic nitrogens is 2. The molecule has 0 unspecified atom stereocenters. The Morgan fingerprint density at radius 2 is 1.53 bits per heavy atom. The molecule has 0 saturated carbocycles. The number of hydrogen-bond donors (Lipinski definition) is 5. The summed E-state index contributed by atoms with van der Waals surface area (Å²) in [5.41, 5.74) is 6.38. The Balaban J connectivity index is 0.730. The summed E-state index contributed by atoms with van der Waals surface area (Å²) >= 11 is 0. The number of benzene rings is 5. The van der Waals surface area contributed by atoms with Gasteiger partial charge in [-0.25, -0.2) is 14.8 Å². The van der Waals surface area contributed by atoms with Crippen molar-refractivity contribution in [2.24, 2.45) is 0 Å². The molecular weight excluding hydrogens is 848 g/mol. The molecule has 336 valence electrons. The van der Waals surface area contributed by atoms with Crippen molar-refractivity contribution in [3.8, 4) is 33.9 Å². The maximum Gasteiger partial charge on any atom is 0.416 e. The maximum absolute atomic E-state index is 13.8. The van der Waals surface area contributed by atoms with E-state index in [1.165, 1.54) is 6.07 Å². The molecule has 2 aromatic heterocycles. The Bertz CT molecular complexity index is 2960. The second-order valence-electron chi connectivity index (χ2n) is 16.8. The van der Waals surface area contributed by atoms with Crippen LogP contribution in [0.1, 0.15) is 59.2 Å². The van der Waals surface area contributed by atoms with Crippen molar-refractivity contribution >= 4 is 56.8 Å². The summed E-state index contributed by atoms with van der Waals surface area (Å²) in [6, 6.07) is 30.7. The van der Waals surface area contributed by atoms with E-state index in [1.54, 1.807) is 59.5 Å². The Morgan fingerprint density at radius 3 is 2.24 bits per heavy atom. The number of rotatable bonds is 12. The minimum atomic E-state index is -4.50. The number of aryl methyl sites for hydroxylation is 1. The molecule has 0 radical (unpaired) electrons. The molecule has 2 aliphatic rings. The monoisotopic (exact) mass is 893 g/mol. The standard InChI is InChI=1S/C51H46F3N7O5/c1-30-24-33(11-16-39(30)47-40-17-14-37(62)26-43(40)58-44-27-38(63)15-18-41(44)47)49(65)55-22-4-2-3-8-46(64)56-28-31-9-12-35(13-10-31)57-50(66)61-36-21-23-60(29-36)45-20-19-42(59-48(45)61)32-6-5-7-34(25-32)51(52,53)54/h5-7,9-20,24-27,36,62-63H,2-4,8,21-23,28-29H2,1H3,(H,55,65)(H,56,64)(H,57,66)/t36-/m0/s1. The molecule has 12 nitrogen and oxygen atoms in total. The molecule has 5 aromatic carbocycles. The van der Waals surface area contributed by atoms with Gasteiger partial charge in [0.15, 0.2) is 5.82 Å². The molecule has 15 heteroatoms.